The van der Waals surface area contributed by atoms with Crippen molar-refractivity contribution in [3.63, 3.8) is 0 Å². The Bertz CT molecular complexity index is 476. The summed E-state index contributed by atoms with van der Waals surface area (Å²) in [6.45, 7) is 1.84. The normalized spacial score (nSPS) is 22.1. The molecule has 20 heavy (non-hydrogen) atoms. The van der Waals surface area contributed by atoms with Crippen LogP contribution in [-0.4, -0.2) is 19.0 Å². The van der Waals surface area contributed by atoms with Crippen molar-refractivity contribution in [3.8, 4) is 0 Å². The lowest BCUT2D eigenvalue weighted by Crippen LogP contribution is -2.53. The summed E-state index contributed by atoms with van der Waals surface area (Å²) in [5, 5.41) is 6.52. The number of hydrogen-bond donors (Lipinski definition) is 2. The van der Waals surface area contributed by atoms with E-state index in [1.165, 1.54) is 12.1 Å². The molecule has 0 unspecified atom stereocenters. The zero-order valence-electron chi connectivity index (χ0n) is 11.6. The van der Waals surface area contributed by atoms with E-state index in [-0.39, 0.29) is 23.2 Å². The van der Waals surface area contributed by atoms with E-state index in [0.29, 0.717) is 0 Å². The highest BCUT2D eigenvalue weighted by molar-refractivity contribution is 5.80. The number of piperidine rings is 1. The van der Waals surface area contributed by atoms with Crippen LogP contribution >= 0.6 is 0 Å². The van der Waals surface area contributed by atoms with E-state index in [2.05, 4.69) is 10.6 Å². The average Bonchev–Trinajstić information content (AvgIpc) is 2.45. The molecule has 108 valence electrons. The molecule has 1 amide bonds. The predicted octanol–water partition coefficient (Wildman–Crippen LogP) is 2.32. The first-order valence-electron chi connectivity index (χ1n) is 7.48. The molecule has 3 nitrogen and oxygen atoms in total. The summed E-state index contributed by atoms with van der Waals surface area (Å²) in [6, 6.07) is 6.56. The van der Waals surface area contributed by atoms with Gasteiger partial charge < -0.3 is 10.6 Å². The molecule has 2 N–H and O–H groups in total. The molecule has 1 saturated heterocycles. The molecule has 0 bridgehead atoms. The van der Waals surface area contributed by atoms with E-state index in [1.54, 1.807) is 12.1 Å². The molecule has 1 aliphatic heterocycles. The monoisotopic (exact) mass is 276 g/mol. The lowest BCUT2D eigenvalue weighted by Gasteiger charge is -2.44. The van der Waals surface area contributed by atoms with Crippen molar-refractivity contribution >= 4 is 5.91 Å². The van der Waals surface area contributed by atoms with Crippen LogP contribution in [0.25, 0.3) is 0 Å². The Hall–Kier alpha value is -1.42. The van der Waals surface area contributed by atoms with Crippen molar-refractivity contribution in [1.82, 2.24) is 10.6 Å². The van der Waals surface area contributed by atoms with Crippen molar-refractivity contribution in [3.05, 3.63) is 35.6 Å². The Balaban J connectivity index is 1.72. The minimum absolute atomic E-state index is 0.120. The molecule has 1 heterocycles. The number of rotatable bonds is 3. The Morgan fingerprint density at radius 3 is 2.40 bits per heavy atom. The number of halogens is 1. The van der Waals surface area contributed by atoms with Crippen LogP contribution in [0.4, 0.5) is 4.39 Å². The maximum absolute atomic E-state index is 13.1. The first kappa shape index (κ1) is 13.6. The third-order valence-electron chi connectivity index (χ3n) is 4.68. The van der Waals surface area contributed by atoms with Gasteiger partial charge in [0.05, 0.1) is 5.54 Å². The second-order valence-corrected chi connectivity index (χ2v) is 5.96. The molecular formula is C16H21FN2O. The third kappa shape index (κ3) is 2.57. The smallest absolute Gasteiger partial charge is 0.223 e. The predicted molar refractivity (Wildman–Crippen MR) is 75.7 cm³/mol. The molecule has 1 saturated carbocycles. The highest BCUT2D eigenvalue weighted by Crippen LogP contribution is 2.41. The standard InChI is InChI=1S/C16H21FN2O/c17-14-4-2-13(3-5-14)16(8-1-9-16)19-15(20)12-6-10-18-11-7-12/h2-5,12,18H,1,6-11H2,(H,19,20). The summed E-state index contributed by atoms with van der Waals surface area (Å²) in [4.78, 5) is 12.4. The van der Waals surface area contributed by atoms with Gasteiger partial charge in [0.15, 0.2) is 0 Å². The zero-order valence-corrected chi connectivity index (χ0v) is 11.6. The maximum Gasteiger partial charge on any atom is 0.223 e. The quantitative estimate of drug-likeness (QED) is 0.889. The van der Waals surface area contributed by atoms with Crippen LogP contribution in [0.3, 0.4) is 0 Å². The van der Waals surface area contributed by atoms with E-state index in [0.717, 1.165) is 50.8 Å². The van der Waals surface area contributed by atoms with Crippen LogP contribution < -0.4 is 10.6 Å². The minimum Gasteiger partial charge on any atom is -0.346 e. The van der Waals surface area contributed by atoms with Gasteiger partial charge in [-0.25, -0.2) is 4.39 Å². The molecular weight excluding hydrogens is 255 g/mol. The molecule has 2 aliphatic rings. The highest BCUT2D eigenvalue weighted by Gasteiger charge is 2.41. The molecule has 3 rings (SSSR count). The van der Waals surface area contributed by atoms with E-state index in [4.69, 9.17) is 0 Å². The van der Waals surface area contributed by atoms with Crippen molar-refractivity contribution in [2.45, 2.75) is 37.6 Å². The van der Waals surface area contributed by atoms with Gasteiger partial charge in [0.1, 0.15) is 5.82 Å². The van der Waals surface area contributed by atoms with Crippen LogP contribution in [0.2, 0.25) is 0 Å². The Morgan fingerprint density at radius 1 is 1.20 bits per heavy atom. The summed E-state index contributed by atoms with van der Waals surface area (Å²) in [5.74, 6) is 0.0533. The Labute approximate surface area is 118 Å². The highest BCUT2D eigenvalue weighted by atomic mass is 19.1. The van der Waals surface area contributed by atoms with Gasteiger partial charge >= 0.3 is 0 Å². The lowest BCUT2D eigenvalue weighted by atomic mass is 9.71. The van der Waals surface area contributed by atoms with Gasteiger partial charge in [-0.2, -0.15) is 0 Å². The summed E-state index contributed by atoms with van der Waals surface area (Å²) in [6.07, 6.45) is 4.84. The van der Waals surface area contributed by atoms with Gasteiger partial charge in [-0.3, -0.25) is 4.79 Å². The van der Waals surface area contributed by atoms with Crippen molar-refractivity contribution in [2.75, 3.05) is 13.1 Å². The summed E-state index contributed by atoms with van der Waals surface area (Å²) < 4.78 is 13.1. The van der Waals surface area contributed by atoms with Crippen molar-refractivity contribution in [1.29, 1.82) is 0 Å². The van der Waals surface area contributed by atoms with Gasteiger partial charge in [0.25, 0.3) is 0 Å². The van der Waals surface area contributed by atoms with Crippen LogP contribution in [0.1, 0.15) is 37.7 Å². The molecule has 2 fully saturated rings. The fraction of sp³-hybridized carbons (Fsp3) is 0.562. The van der Waals surface area contributed by atoms with Crippen LogP contribution in [-0.2, 0) is 10.3 Å². The molecule has 1 aromatic carbocycles. The first-order chi connectivity index (χ1) is 9.70. The fourth-order valence-corrected chi connectivity index (χ4v) is 3.21. The topological polar surface area (TPSA) is 41.1 Å². The van der Waals surface area contributed by atoms with Gasteiger partial charge in [-0.05, 0) is 62.9 Å². The minimum atomic E-state index is -0.254. The van der Waals surface area contributed by atoms with E-state index >= 15 is 0 Å². The summed E-state index contributed by atoms with van der Waals surface area (Å²) in [7, 11) is 0. The van der Waals surface area contributed by atoms with E-state index in [1.807, 2.05) is 0 Å². The molecule has 1 aromatic rings. The molecule has 0 radical (unpaired) electrons. The first-order valence-corrected chi connectivity index (χ1v) is 7.48. The SMILES string of the molecule is O=C(NC1(c2ccc(F)cc2)CCC1)C1CCNCC1. The van der Waals surface area contributed by atoms with E-state index < -0.39 is 0 Å². The van der Waals surface area contributed by atoms with Crippen LogP contribution in [0, 0.1) is 11.7 Å². The number of nitrogens with one attached hydrogen (secondary N) is 2. The third-order valence-corrected chi connectivity index (χ3v) is 4.68. The van der Waals surface area contributed by atoms with Gasteiger partial charge in [0, 0.05) is 5.92 Å². The van der Waals surface area contributed by atoms with E-state index in [9.17, 15) is 9.18 Å². The van der Waals surface area contributed by atoms with Crippen LogP contribution in [0.15, 0.2) is 24.3 Å². The number of amides is 1. The second kappa shape index (κ2) is 5.52. The van der Waals surface area contributed by atoms with Gasteiger partial charge in [-0.15, -0.1) is 0 Å². The average molecular weight is 276 g/mol. The Morgan fingerprint density at radius 2 is 1.85 bits per heavy atom. The van der Waals surface area contributed by atoms with Crippen LogP contribution in [0.5, 0.6) is 0 Å². The summed E-state index contributed by atoms with van der Waals surface area (Å²) >= 11 is 0. The molecule has 1 aliphatic carbocycles. The van der Waals surface area contributed by atoms with Crippen molar-refractivity contribution < 1.29 is 9.18 Å². The molecule has 4 heteroatoms. The number of carbonyl (C=O) groups is 1. The number of hydrogen-bond acceptors (Lipinski definition) is 2. The summed E-state index contributed by atoms with van der Waals surface area (Å²) in [5.41, 5.74) is 0.780. The fourth-order valence-electron chi connectivity index (χ4n) is 3.21. The molecule has 0 aromatic heterocycles. The molecule has 0 atom stereocenters. The van der Waals surface area contributed by atoms with Gasteiger partial charge in [-0.1, -0.05) is 12.1 Å². The maximum atomic E-state index is 13.1. The molecule has 0 spiro atoms. The number of benzene rings is 1. The lowest BCUT2D eigenvalue weighted by molar-refractivity contribution is -0.129. The zero-order chi connectivity index (χ0) is 14.0. The Kier molecular flexibility index (Phi) is 3.74. The largest absolute Gasteiger partial charge is 0.346 e. The number of carbonyl (C=O) groups excluding carboxylic acids is 1. The second-order valence-electron chi connectivity index (χ2n) is 5.96. The van der Waals surface area contributed by atoms with Gasteiger partial charge in [0.2, 0.25) is 5.91 Å². The van der Waals surface area contributed by atoms with Crippen molar-refractivity contribution in [2.24, 2.45) is 5.92 Å².